The van der Waals surface area contributed by atoms with Crippen molar-refractivity contribution in [3.63, 3.8) is 0 Å². The van der Waals surface area contributed by atoms with E-state index in [2.05, 4.69) is 17.6 Å². The Kier molecular flexibility index (Phi) is 8.75. The number of hydrogen-bond donors (Lipinski definition) is 2. The van der Waals surface area contributed by atoms with Crippen LogP contribution in [-0.2, 0) is 9.59 Å². The second-order valence-corrected chi connectivity index (χ2v) is 4.33. The summed E-state index contributed by atoms with van der Waals surface area (Å²) in [5.74, 6) is 0.00615. The maximum Gasteiger partial charge on any atom is 0.240 e. The number of likely N-dealkylation sites (N-methyl/N-ethyl adjacent to an activating group) is 1. The predicted molar refractivity (Wildman–Crippen MR) is 73.8 cm³/mol. The third kappa shape index (κ3) is 5.23. The lowest BCUT2D eigenvalue weighted by Crippen LogP contribution is -2.56. The molecule has 0 radical (unpaired) electrons. The first-order chi connectivity index (χ1) is 8.19. The molecular weight excluding hydrogens is 254 g/mol. The molecule has 1 rings (SSSR count). The van der Waals surface area contributed by atoms with E-state index in [1.54, 1.807) is 4.90 Å². The largest absolute Gasteiger partial charge is 0.356 e. The van der Waals surface area contributed by atoms with Gasteiger partial charge in [-0.1, -0.05) is 13.3 Å². The first-order valence-electron chi connectivity index (χ1n) is 6.47. The molecule has 1 fully saturated rings. The molecule has 5 nitrogen and oxygen atoms in total. The fourth-order valence-corrected chi connectivity index (χ4v) is 1.93. The van der Waals surface area contributed by atoms with Crippen LogP contribution in [-0.4, -0.2) is 48.9 Å². The molecule has 0 aromatic heterocycles. The number of piperazine rings is 1. The van der Waals surface area contributed by atoms with Gasteiger partial charge in [0.1, 0.15) is 0 Å². The van der Waals surface area contributed by atoms with Crippen molar-refractivity contribution in [3.05, 3.63) is 0 Å². The topological polar surface area (TPSA) is 61.4 Å². The first-order valence-corrected chi connectivity index (χ1v) is 6.47. The van der Waals surface area contributed by atoms with E-state index in [-0.39, 0.29) is 36.7 Å². The van der Waals surface area contributed by atoms with E-state index < -0.39 is 0 Å². The highest BCUT2D eigenvalue weighted by molar-refractivity contribution is 5.88. The standard InChI is InChI=1S/C12H23N3O2.ClH/c1-3-5-6-14-11(16)9-10-12(17)15(4-2)8-7-13-10;/h10,13H,3-9H2,1-2H3,(H,14,16);1H. The fraction of sp³-hybridized carbons (Fsp3) is 0.833. The number of rotatable bonds is 6. The summed E-state index contributed by atoms with van der Waals surface area (Å²) in [6.45, 7) is 6.97. The average molecular weight is 278 g/mol. The molecule has 106 valence electrons. The van der Waals surface area contributed by atoms with Gasteiger partial charge in [0.15, 0.2) is 0 Å². The first kappa shape index (κ1) is 17.2. The van der Waals surface area contributed by atoms with Crippen molar-refractivity contribution in [1.29, 1.82) is 0 Å². The number of unbranched alkanes of at least 4 members (excludes halogenated alkanes) is 1. The van der Waals surface area contributed by atoms with Gasteiger partial charge in [0.2, 0.25) is 11.8 Å². The minimum absolute atomic E-state index is 0. The minimum Gasteiger partial charge on any atom is -0.356 e. The summed E-state index contributed by atoms with van der Waals surface area (Å²) >= 11 is 0. The van der Waals surface area contributed by atoms with E-state index in [4.69, 9.17) is 0 Å². The molecule has 0 aromatic carbocycles. The van der Waals surface area contributed by atoms with Gasteiger partial charge in [-0.3, -0.25) is 9.59 Å². The van der Waals surface area contributed by atoms with Gasteiger partial charge in [-0.05, 0) is 13.3 Å². The smallest absolute Gasteiger partial charge is 0.240 e. The van der Waals surface area contributed by atoms with E-state index in [0.29, 0.717) is 13.1 Å². The summed E-state index contributed by atoms with van der Waals surface area (Å²) in [5, 5.41) is 5.94. The lowest BCUT2D eigenvalue weighted by molar-refractivity contribution is -0.138. The molecule has 1 aliphatic rings. The van der Waals surface area contributed by atoms with E-state index in [1.165, 1.54) is 0 Å². The van der Waals surface area contributed by atoms with Crippen LogP contribution in [0.1, 0.15) is 33.1 Å². The van der Waals surface area contributed by atoms with Crippen molar-refractivity contribution in [2.24, 2.45) is 0 Å². The zero-order valence-electron chi connectivity index (χ0n) is 11.2. The molecule has 1 saturated heterocycles. The summed E-state index contributed by atoms with van der Waals surface area (Å²) in [6.07, 6.45) is 2.29. The predicted octanol–water partition coefficient (Wildman–Crippen LogP) is 0.535. The molecule has 6 heteroatoms. The molecule has 1 atom stereocenters. The molecule has 1 heterocycles. The van der Waals surface area contributed by atoms with Crippen LogP contribution < -0.4 is 10.6 Å². The van der Waals surface area contributed by atoms with Crippen LogP contribution in [0.25, 0.3) is 0 Å². The fourth-order valence-electron chi connectivity index (χ4n) is 1.93. The highest BCUT2D eigenvalue weighted by Crippen LogP contribution is 2.04. The Balaban J connectivity index is 0.00000289. The van der Waals surface area contributed by atoms with Gasteiger partial charge >= 0.3 is 0 Å². The molecule has 2 amide bonds. The summed E-state index contributed by atoms with van der Waals surface area (Å²) in [6, 6.07) is -0.342. The van der Waals surface area contributed by atoms with Crippen molar-refractivity contribution in [1.82, 2.24) is 15.5 Å². The number of hydrogen-bond acceptors (Lipinski definition) is 3. The molecule has 0 spiro atoms. The maximum atomic E-state index is 11.9. The Morgan fingerprint density at radius 2 is 2.22 bits per heavy atom. The van der Waals surface area contributed by atoms with Crippen LogP contribution in [0.15, 0.2) is 0 Å². The van der Waals surface area contributed by atoms with Crippen LogP contribution in [0.4, 0.5) is 0 Å². The molecule has 2 N–H and O–H groups in total. The summed E-state index contributed by atoms with van der Waals surface area (Å²) < 4.78 is 0. The van der Waals surface area contributed by atoms with E-state index in [9.17, 15) is 9.59 Å². The summed E-state index contributed by atoms with van der Waals surface area (Å²) in [4.78, 5) is 25.3. The number of carbonyl (C=O) groups is 2. The number of amides is 2. The van der Waals surface area contributed by atoms with Crippen LogP contribution in [0, 0.1) is 0 Å². The zero-order chi connectivity index (χ0) is 12.7. The van der Waals surface area contributed by atoms with Gasteiger partial charge in [0, 0.05) is 26.2 Å². The zero-order valence-corrected chi connectivity index (χ0v) is 12.0. The van der Waals surface area contributed by atoms with Gasteiger partial charge in [-0.2, -0.15) is 0 Å². The Morgan fingerprint density at radius 3 is 2.83 bits per heavy atom. The van der Waals surface area contributed by atoms with Gasteiger partial charge in [-0.25, -0.2) is 0 Å². The normalized spacial score (nSPS) is 19.3. The van der Waals surface area contributed by atoms with Crippen LogP contribution in [0.3, 0.4) is 0 Å². The lowest BCUT2D eigenvalue weighted by Gasteiger charge is -2.32. The Morgan fingerprint density at radius 1 is 1.50 bits per heavy atom. The molecule has 1 unspecified atom stereocenters. The van der Waals surface area contributed by atoms with Gasteiger partial charge < -0.3 is 15.5 Å². The monoisotopic (exact) mass is 277 g/mol. The van der Waals surface area contributed by atoms with Crippen molar-refractivity contribution in [2.75, 3.05) is 26.2 Å². The van der Waals surface area contributed by atoms with E-state index in [1.807, 2.05) is 6.92 Å². The van der Waals surface area contributed by atoms with Crippen molar-refractivity contribution >= 4 is 24.2 Å². The van der Waals surface area contributed by atoms with E-state index in [0.717, 1.165) is 25.9 Å². The third-order valence-corrected chi connectivity index (χ3v) is 3.01. The molecule has 1 aliphatic heterocycles. The molecule has 0 aliphatic carbocycles. The Bertz CT molecular complexity index is 274. The molecule has 0 bridgehead atoms. The number of nitrogens with one attached hydrogen (secondary N) is 2. The number of nitrogens with zero attached hydrogens (tertiary/aromatic N) is 1. The molecule has 18 heavy (non-hydrogen) atoms. The minimum atomic E-state index is -0.342. The molecule has 0 saturated carbocycles. The van der Waals surface area contributed by atoms with Crippen molar-refractivity contribution < 1.29 is 9.59 Å². The Labute approximate surface area is 115 Å². The van der Waals surface area contributed by atoms with Crippen molar-refractivity contribution in [2.45, 2.75) is 39.2 Å². The second-order valence-electron chi connectivity index (χ2n) is 4.33. The van der Waals surface area contributed by atoms with Gasteiger partial charge in [-0.15, -0.1) is 12.4 Å². The van der Waals surface area contributed by atoms with E-state index >= 15 is 0 Å². The van der Waals surface area contributed by atoms with Gasteiger partial charge in [0.05, 0.1) is 12.5 Å². The molecular formula is C12H24ClN3O2. The van der Waals surface area contributed by atoms with Crippen molar-refractivity contribution in [3.8, 4) is 0 Å². The maximum absolute atomic E-state index is 11.9. The van der Waals surface area contributed by atoms with Gasteiger partial charge in [0.25, 0.3) is 0 Å². The third-order valence-electron chi connectivity index (χ3n) is 3.01. The highest BCUT2D eigenvalue weighted by Gasteiger charge is 2.28. The SMILES string of the molecule is CCCCNC(=O)CC1NCCN(CC)C1=O.Cl. The summed E-state index contributed by atoms with van der Waals surface area (Å²) in [7, 11) is 0. The second kappa shape index (κ2) is 9.16. The van der Waals surface area contributed by atoms with Crippen LogP contribution >= 0.6 is 12.4 Å². The van der Waals surface area contributed by atoms with Crippen LogP contribution in [0.5, 0.6) is 0 Å². The highest BCUT2D eigenvalue weighted by atomic mass is 35.5. The van der Waals surface area contributed by atoms with Crippen LogP contribution in [0.2, 0.25) is 0 Å². The molecule has 0 aromatic rings. The quantitative estimate of drug-likeness (QED) is 0.697. The number of halogens is 1. The summed E-state index contributed by atoms with van der Waals surface area (Å²) in [5.41, 5.74) is 0. The Hall–Kier alpha value is -0.810. The average Bonchev–Trinajstić information content (AvgIpc) is 2.32. The number of carbonyl (C=O) groups excluding carboxylic acids is 2. The lowest BCUT2D eigenvalue weighted by atomic mass is 10.1.